The fourth-order valence-corrected chi connectivity index (χ4v) is 3.01. The summed E-state index contributed by atoms with van der Waals surface area (Å²) in [6, 6.07) is 1.83. The van der Waals surface area contributed by atoms with Crippen LogP contribution in [-0.2, 0) is 16.2 Å². The van der Waals surface area contributed by atoms with Gasteiger partial charge in [-0.05, 0) is 25.8 Å². The minimum absolute atomic E-state index is 0.0436. The molecule has 2 aromatic rings. The average Bonchev–Trinajstić information content (AvgIpc) is 2.77. The Balaban J connectivity index is 2.20. The zero-order valence-electron chi connectivity index (χ0n) is 10.7. The molecule has 0 atom stereocenters. The van der Waals surface area contributed by atoms with E-state index < -0.39 is 0 Å². The summed E-state index contributed by atoms with van der Waals surface area (Å²) in [7, 11) is 0. The Bertz CT molecular complexity index is 605. The van der Waals surface area contributed by atoms with Gasteiger partial charge < -0.3 is 9.30 Å². The first-order valence-corrected chi connectivity index (χ1v) is 7.22. The number of fused-ring (bicyclic) bond motifs is 1. The molecule has 0 saturated carbocycles. The topological polar surface area (TPSA) is 39.9 Å². The molecule has 0 bridgehead atoms. The minimum atomic E-state index is -0.0436. The molecule has 3 heterocycles. The lowest BCUT2D eigenvalue weighted by Gasteiger charge is -2.36. The maximum absolute atomic E-state index is 6.05. The number of rotatable bonds is 2. The fourth-order valence-electron chi connectivity index (χ4n) is 2.68. The number of hydrogen-bond donors (Lipinski definition) is 0. The Morgan fingerprint density at radius 3 is 2.84 bits per heavy atom. The molecule has 19 heavy (non-hydrogen) atoms. The molecule has 4 nitrogen and oxygen atoms in total. The van der Waals surface area contributed by atoms with Gasteiger partial charge in [-0.15, -0.1) is 11.6 Å². The van der Waals surface area contributed by atoms with Crippen molar-refractivity contribution in [3.63, 3.8) is 0 Å². The van der Waals surface area contributed by atoms with Crippen molar-refractivity contribution in [2.24, 2.45) is 0 Å². The second-order valence-corrected chi connectivity index (χ2v) is 5.81. The third kappa shape index (κ3) is 2.22. The monoisotopic (exact) mass is 299 g/mol. The van der Waals surface area contributed by atoms with Crippen molar-refractivity contribution in [3.05, 3.63) is 23.1 Å². The number of hydrogen-bond acceptors (Lipinski definition) is 3. The minimum Gasteiger partial charge on any atom is -0.381 e. The quantitative estimate of drug-likeness (QED) is 0.799. The van der Waals surface area contributed by atoms with Crippen LogP contribution in [-0.4, -0.2) is 27.7 Å². The van der Waals surface area contributed by atoms with Crippen molar-refractivity contribution in [3.8, 4) is 0 Å². The normalized spacial score (nSPS) is 18.9. The molecular formula is C13H15Cl2N3O. The molecule has 0 spiro atoms. The number of imidazole rings is 1. The summed E-state index contributed by atoms with van der Waals surface area (Å²) in [6.07, 6.45) is 3.53. The number of nitrogens with zero attached hydrogens (tertiary/aromatic N) is 3. The standard InChI is InChI=1S/C13H15Cl2N3O/c1-13(2-4-19-5-3-13)18-11(7-14)17-10-6-9(15)8-16-12(10)18/h6,8H,2-5,7H2,1H3. The van der Waals surface area contributed by atoms with Gasteiger partial charge in [-0.1, -0.05) is 11.6 Å². The summed E-state index contributed by atoms with van der Waals surface area (Å²) in [5.74, 6) is 1.21. The van der Waals surface area contributed by atoms with Gasteiger partial charge in [0.25, 0.3) is 0 Å². The van der Waals surface area contributed by atoms with Crippen molar-refractivity contribution in [2.75, 3.05) is 13.2 Å². The van der Waals surface area contributed by atoms with Crippen LogP contribution in [0.3, 0.4) is 0 Å². The highest BCUT2D eigenvalue weighted by Gasteiger charge is 2.33. The van der Waals surface area contributed by atoms with Gasteiger partial charge in [0.15, 0.2) is 5.65 Å². The van der Waals surface area contributed by atoms with Gasteiger partial charge in [0, 0.05) is 24.9 Å². The molecule has 102 valence electrons. The van der Waals surface area contributed by atoms with Crippen molar-refractivity contribution in [2.45, 2.75) is 31.2 Å². The second kappa shape index (κ2) is 4.93. The number of aromatic nitrogens is 3. The molecule has 0 aliphatic carbocycles. The zero-order chi connectivity index (χ0) is 13.5. The van der Waals surface area contributed by atoms with Crippen molar-refractivity contribution >= 4 is 34.4 Å². The Morgan fingerprint density at radius 1 is 1.42 bits per heavy atom. The predicted molar refractivity (Wildman–Crippen MR) is 75.8 cm³/mol. The lowest BCUT2D eigenvalue weighted by Crippen LogP contribution is -2.37. The van der Waals surface area contributed by atoms with Crippen LogP contribution in [0, 0.1) is 0 Å². The van der Waals surface area contributed by atoms with E-state index in [0.29, 0.717) is 10.9 Å². The number of halogens is 2. The van der Waals surface area contributed by atoms with E-state index in [1.54, 1.807) is 6.20 Å². The van der Waals surface area contributed by atoms with Crippen LogP contribution >= 0.6 is 23.2 Å². The maximum atomic E-state index is 6.05. The highest BCUT2D eigenvalue weighted by molar-refractivity contribution is 6.31. The molecule has 1 aliphatic heterocycles. The summed E-state index contributed by atoms with van der Waals surface area (Å²) in [5.41, 5.74) is 1.61. The molecular weight excluding hydrogens is 285 g/mol. The zero-order valence-corrected chi connectivity index (χ0v) is 12.2. The Labute approximate surface area is 121 Å². The van der Waals surface area contributed by atoms with Crippen molar-refractivity contribution in [1.29, 1.82) is 0 Å². The highest BCUT2D eigenvalue weighted by Crippen LogP contribution is 2.34. The Hall–Kier alpha value is -0.840. The van der Waals surface area contributed by atoms with E-state index >= 15 is 0 Å². The summed E-state index contributed by atoms with van der Waals surface area (Å²) in [6.45, 7) is 3.72. The lowest BCUT2D eigenvalue weighted by molar-refractivity contribution is 0.0300. The van der Waals surface area contributed by atoms with Gasteiger partial charge in [-0.3, -0.25) is 0 Å². The molecule has 0 N–H and O–H groups in total. The SMILES string of the molecule is CC1(n2c(CCl)nc3cc(Cl)cnc32)CCOCC1. The van der Waals surface area contributed by atoms with E-state index in [2.05, 4.69) is 21.5 Å². The largest absolute Gasteiger partial charge is 0.381 e. The van der Waals surface area contributed by atoms with Crippen LogP contribution in [0.15, 0.2) is 12.3 Å². The maximum Gasteiger partial charge on any atom is 0.160 e. The molecule has 1 aliphatic rings. The smallest absolute Gasteiger partial charge is 0.160 e. The Morgan fingerprint density at radius 2 is 2.16 bits per heavy atom. The van der Waals surface area contributed by atoms with E-state index in [9.17, 15) is 0 Å². The van der Waals surface area contributed by atoms with Gasteiger partial charge >= 0.3 is 0 Å². The van der Waals surface area contributed by atoms with E-state index in [0.717, 1.165) is 43.0 Å². The van der Waals surface area contributed by atoms with Crippen LogP contribution in [0.25, 0.3) is 11.2 Å². The molecule has 0 amide bonds. The van der Waals surface area contributed by atoms with Crippen LogP contribution < -0.4 is 0 Å². The number of ether oxygens (including phenoxy) is 1. The predicted octanol–water partition coefficient (Wildman–Crippen LogP) is 3.35. The lowest BCUT2D eigenvalue weighted by atomic mass is 9.92. The van der Waals surface area contributed by atoms with E-state index in [1.165, 1.54) is 0 Å². The van der Waals surface area contributed by atoms with Gasteiger partial charge in [-0.25, -0.2) is 9.97 Å². The third-order valence-corrected chi connectivity index (χ3v) is 4.21. The third-order valence-electron chi connectivity index (χ3n) is 3.76. The average molecular weight is 300 g/mol. The summed E-state index contributed by atoms with van der Waals surface area (Å²) >= 11 is 12.0. The van der Waals surface area contributed by atoms with Gasteiger partial charge in [0.05, 0.1) is 10.9 Å². The van der Waals surface area contributed by atoms with E-state index in [-0.39, 0.29) is 5.54 Å². The molecule has 1 fully saturated rings. The summed E-state index contributed by atoms with van der Waals surface area (Å²) in [5, 5.41) is 0.593. The van der Waals surface area contributed by atoms with Crippen LogP contribution in [0.2, 0.25) is 5.02 Å². The van der Waals surface area contributed by atoms with Crippen LogP contribution in [0.1, 0.15) is 25.6 Å². The van der Waals surface area contributed by atoms with Gasteiger partial charge in [0.2, 0.25) is 0 Å². The molecule has 0 unspecified atom stereocenters. The van der Waals surface area contributed by atoms with Crippen molar-refractivity contribution < 1.29 is 4.74 Å². The second-order valence-electron chi connectivity index (χ2n) is 5.10. The summed E-state index contributed by atoms with van der Waals surface area (Å²) in [4.78, 5) is 8.99. The first kappa shape index (κ1) is 13.2. The highest BCUT2D eigenvalue weighted by atomic mass is 35.5. The summed E-state index contributed by atoms with van der Waals surface area (Å²) < 4.78 is 7.62. The molecule has 0 aromatic carbocycles. The molecule has 3 rings (SSSR count). The molecule has 0 radical (unpaired) electrons. The van der Waals surface area contributed by atoms with Gasteiger partial charge in [0.1, 0.15) is 11.3 Å². The fraction of sp³-hybridized carbons (Fsp3) is 0.538. The van der Waals surface area contributed by atoms with E-state index in [1.807, 2.05) is 6.07 Å². The molecule has 1 saturated heterocycles. The number of alkyl halides is 1. The number of pyridine rings is 1. The van der Waals surface area contributed by atoms with E-state index in [4.69, 9.17) is 27.9 Å². The Kier molecular flexibility index (Phi) is 3.41. The van der Waals surface area contributed by atoms with Gasteiger partial charge in [-0.2, -0.15) is 0 Å². The molecule has 2 aromatic heterocycles. The first-order valence-electron chi connectivity index (χ1n) is 6.31. The van der Waals surface area contributed by atoms with Crippen LogP contribution in [0.5, 0.6) is 0 Å². The first-order chi connectivity index (χ1) is 9.14. The molecule has 6 heteroatoms. The van der Waals surface area contributed by atoms with Crippen molar-refractivity contribution in [1.82, 2.24) is 14.5 Å². The van der Waals surface area contributed by atoms with Crippen LogP contribution in [0.4, 0.5) is 0 Å².